The van der Waals surface area contributed by atoms with Gasteiger partial charge in [0.1, 0.15) is 11.6 Å². The van der Waals surface area contributed by atoms with E-state index in [1.54, 1.807) is 0 Å². The Morgan fingerprint density at radius 3 is 2.44 bits per heavy atom. The van der Waals surface area contributed by atoms with E-state index in [-0.39, 0.29) is 55.8 Å². The molecule has 2 atom stereocenters. The standard InChI is InChI=1S/C26H29FN4O10/c1-23(35)20-15(21(33)31(23)24(28)8-7-19(32)29-22(24)34)3-2-4-18(20)41-26(38,39)16-13-14(5-6-17(16)27)25(36,37)30-9-11-40-12-10-30/h2-6,13,35-39H,7-12,28H2,1H3,(H,29,32,34). The van der Waals surface area contributed by atoms with Crippen LogP contribution < -0.4 is 15.8 Å². The Morgan fingerprint density at radius 1 is 1.10 bits per heavy atom. The molecule has 2 aromatic carbocycles. The van der Waals surface area contributed by atoms with Gasteiger partial charge in [0.2, 0.25) is 5.91 Å². The molecule has 0 bridgehead atoms. The van der Waals surface area contributed by atoms with Gasteiger partial charge < -0.3 is 40.7 Å². The number of fused-ring (bicyclic) bond motifs is 1. The SMILES string of the molecule is CC1(O)c2c(OC(O)(O)c3cc(C(O)(O)N4CCOCC4)ccc3F)cccc2C(=O)N1C1(N)CCC(=O)NC1=O. The first kappa shape index (κ1) is 29.0. The second kappa shape index (κ2) is 9.78. The predicted molar refractivity (Wildman–Crippen MR) is 133 cm³/mol. The molecule has 0 aliphatic carbocycles. The molecule has 5 rings (SSSR count). The summed E-state index contributed by atoms with van der Waals surface area (Å²) in [7, 11) is 0. The molecule has 3 aliphatic heterocycles. The largest absolute Gasteiger partial charge is 0.435 e. The third-order valence-corrected chi connectivity index (χ3v) is 7.56. The number of nitrogens with zero attached hydrogens (tertiary/aromatic N) is 2. The number of nitrogens with two attached hydrogens (primary N) is 1. The minimum atomic E-state index is -3.46. The van der Waals surface area contributed by atoms with E-state index < -0.39 is 58.1 Å². The van der Waals surface area contributed by atoms with Crippen molar-refractivity contribution in [1.82, 2.24) is 15.1 Å². The van der Waals surface area contributed by atoms with Gasteiger partial charge in [0.25, 0.3) is 17.7 Å². The van der Waals surface area contributed by atoms with Crippen LogP contribution in [-0.2, 0) is 31.9 Å². The van der Waals surface area contributed by atoms with E-state index in [0.29, 0.717) is 4.90 Å². The van der Waals surface area contributed by atoms with Gasteiger partial charge in [-0.15, -0.1) is 0 Å². The van der Waals surface area contributed by atoms with E-state index in [2.05, 4.69) is 0 Å². The summed E-state index contributed by atoms with van der Waals surface area (Å²) in [5, 5.41) is 57.0. The van der Waals surface area contributed by atoms with Crippen LogP contribution in [0.15, 0.2) is 36.4 Å². The molecule has 3 amide bonds. The zero-order chi connectivity index (χ0) is 30.0. The van der Waals surface area contributed by atoms with Gasteiger partial charge in [-0.25, -0.2) is 9.29 Å². The summed E-state index contributed by atoms with van der Waals surface area (Å²) < 4.78 is 25.5. The first-order chi connectivity index (χ1) is 19.1. The van der Waals surface area contributed by atoms with Gasteiger partial charge in [-0.1, -0.05) is 6.07 Å². The summed E-state index contributed by atoms with van der Waals surface area (Å²) in [6.07, 6.45) is -0.519. The van der Waals surface area contributed by atoms with Gasteiger partial charge in [0.05, 0.1) is 29.9 Å². The number of ether oxygens (including phenoxy) is 2. The molecule has 41 heavy (non-hydrogen) atoms. The number of rotatable bonds is 6. The van der Waals surface area contributed by atoms with E-state index in [1.165, 1.54) is 17.0 Å². The van der Waals surface area contributed by atoms with Crippen LogP contribution in [-0.4, -0.2) is 85.0 Å². The van der Waals surface area contributed by atoms with Crippen molar-refractivity contribution in [3.63, 3.8) is 0 Å². The van der Waals surface area contributed by atoms with Crippen LogP contribution in [0.4, 0.5) is 4.39 Å². The summed E-state index contributed by atoms with van der Waals surface area (Å²) in [5.74, 6) is -10.3. The lowest BCUT2D eigenvalue weighted by Gasteiger charge is -2.45. The summed E-state index contributed by atoms with van der Waals surface area (Å²) >= 11 is 0. The number of benzene rings is 2. The first-order valence-electron chi connectivity index (χ1n) is 12.7. The average Bonchev–Trinajstić information content (AvgIpc) is 3.12. The second-order valence-electron chi connectivity index (χ2n) is 10.3. The van der Waals surface area contributed by atoms with Crippen molar-refractivity contribution in [3.05, 3.63) is 64.5 Å². The summed E-state index contributed by atoms with van der Waals surface area (Å²) in [4.78, 5) is 39.7. The lowest BCUT2D eigenvalue weighted by atomic mass is 9.94. The smallest absolute Gasteiger partial charge is 0.354 e. The fraction of sp³-hybridized carbons (Fsp3) is 0.423. The number of hydrogen-bond acceptors (Lipinski definition) is 12. The Hall–Kier alpha value is -3.54. The van der Waals surface area contributed by atoms with Crippen LogP contribution in [0.3, 0.4) is 0 Å². The van der Waals surface area contributed by atoms with E-state index in [4.69, 9.17) is 15.2 Å². The zero-order valence-electron chi connectivity index (χ0n) is 21.8. The van der Waals surface area contributed by atoms with Crippen molar-refractivity contribution in [2.75, 3.05) is 26.3 Å². The highest BCUT2D eigenvalue weighted by atomic mass is 19.1. The zero-order valence-corrected chi connectivity index (χ0v) is 21.8. The summed E-state index contributed by atoms with van der Waals surface area (Å²) in [6.45, 7) is 1.80. The van der Waals surface area contributed by atoms with Gasteiger partial charge in [-0.2, -0.15) is 0 Å². The molecule has 3 aliphatic rings. The Bertz CT molecular complexity index is 1420. The number of piperidine rings is 1. The highest BCUT2D eigenvalue weighted by Crippen LogP contribution is 2.47. The third kappa shape index (κ3) is 4.65. The molecule has 0 saturated carbocycles. The molecule has 15 heteroatoms. The topological polar surface area (TPSA) is 215 Å². The molecule has 2 unspecified atom stereocenters. The number of aliphatic hydroxyl groups is 5. The fourth-order valence-corrected chi connectivity index (χ4v) is 5.46. The van der Waals surface area contributed by atoms with Crippen molar-refractivity contribution in [1.29, 1.82) is 0 Å². The van der Waals surface area contributed by atoms with Gasteiger partial charge >= 0.3 is 5.97 Å². The Kier molecular flexibility index (Phi) is 6.91. The second-order valence-corrected chi connectivity index (χ2v) is 10.3. The molecule has 220 valence electrons. The lowest BCUT2D eigenvalue weighted by molar-refractivity contribution is -0.307. The van der Waals surface area contributed by atoms with Crippen LogP contribution in [0.5, 0.6) is 5.75 Å². The minimum Gasteiger partial charge on any atom is -0.435 e. The lowest BCUT2D eigenvalue weighted by Crippen LogP contribution is -2.72. The number of carbonyl (C=O) groups excluding carboxylic acids is 3. The Labute approximate surface area is 232 Å². The highest BCUT2D eigenvalue weighted by molar-refractivity contribution is 6.08. The predicted octanol–water partition coefficient (Wildman–Crippen LogP) is -1.86. The molecule has 8 N–H and O–H groups in total. The first-order valence-corrected chi connectivity index (χ1v) is 12.7. The van der Waals surface area contributed by atoms with Crippen molar-refractivity contribution in [3.8, 4) is 5.75 Å². The minimum absolute atomic E-state index is 0.129. The molecule has 14 nitrogen and oxygen atoms in total. The summed E-state index contributed by atoms with van der Waals surface area (Å²) in [5.41, 5.74) is 0.0145. The van der Waals surface area contributed by atoms with Crippen molar-refractivity contribution in [2.45, 2.75) is 43.0 Å². The molecule has 0 radical (unpaired) electrons. The molecule has 0 spiro atoms. The number of amides is 3. The maximum absolute atomic E-state index is 14.9. The average molecular weight is 577 g/mol. The van der Waals surface area contributed by atoms with Crippen molar-refractivity contribution >= 4 is 17.7 Å². The van der Waals surface area contributed by atoms with Crippen LogP contribution in [0, 0.1) is 5.82 Å². The summed E-state index contributed by atoms with van der Waals surface area (Å²) in [6, 6.07) is 6.35. The van der Waals surface area contributed by atoms with Gasteiger partial charge in [-0.3, -0.25) is 24.6 Å². The Balaban J connectivity index is 1.51. The van der Waals surface area contributed by atoms with Crippen LogP contribution in [0.25, 0.3) is 0 Å². The number of nitrogens with one attached hydrogen (secondary N) is 1. The van der Waals surface area contributed by atoms with Crippen molar-refractivity contribution < 1.29 is 53.8 Å². The molecule has 3 heterocycles. The van der Waals surface area contributed by atoms with Gasteiger partial charge in [0.15, 0.2) is 11.4 Å². The fourth-order valence-electron chi connectivity index (χ4n) is 5.46. The van der Waals surface area contributed by atoms with E-state index in [9.17, 15) is 44.3 Å². The number of carbonyl (C=O) groups is 3. The molecule has 0 aromatic heterocycles. The van der Waals surface area contributed by atoms with E-state index in [1.807, 2.05) is 5.32 Å². The normalized spacial score (nSPS) is 25.8. The van der Waals surface area contributed by atoms with Gasteiger partial charge in [0, 0.05) is 31.5 Å². The quantitative estimate of drug-likeness (QED) is 0.149. The van der Waals surface area contributed by atoms with Crippen LogP contribution in [0.1, 0.15) is 46.8 Å². The maximum atomic E-state index is 14.9. The maximum Gasteiger partial charge on any atom is 0.354 e. The number of imide groups is 1. The Morgan fingerprint density at radius 2 is 1.78 bits per heavy atom. The monoisotopic (exact) mass is 576 g/mol. The highest BCUT2D eigenvalue weighted by Gasteiger charge is 2.59. The van der Waals surface area contributed by atoms with Crippen molar-refractivity contribution in [2.24, 2.45) is 5.73 Å². The molecule has 2 saturated heterocycles. The third-order valence-electron chi connectivity index (χ3n) is 7.56. The molecule has 2 fully saturated rings. The van der Waals surface area contributed by atoms with Crippen LogP contribution in [0.2, 0.25) is 0 Å². The number of morpholine rings is 1. The van der Waals surface area contributed by atoms with Gasteiger partial charge in [-0.05, 0) is 37.3 Å². The van der Waals surface area contributed by atoms with E-state index in [0.717, 1.165) is 31.2 Å². The number of halogens is 1. The number of hydrogen-bond donors (Lipinski definition) is 7. The molecular weight excluding hydrogens is 547 g/mol. The van der Waals surface area contributed by atoms with E-state index >= 15 is 0 Å². The van der Waals surface area contributed by atoms with Crippen LogP contribution >= 0.6 is 0 Å². The molecular formula is C26H29FN4O10. The molecule has 2 aromatic rings.